The molecule has 2 rings (SSSR count). The van der Waals surface area contributed by atoms with Crippen LogP contribution in [0.4, 0.5) is 0 Å². The molecule has 0 aromatic carbocycles. The molecule has 0 saturated heterocycles. The molecule has 0 amide bonds. The summed E-state index contributed by atoms with van der Waals surface area (Å²) in [5, 5.41) is 4.64. The molecular weight excluding hydrogens is 274 g/mol. The van der Waals surface area contributed by atoms with Gasteiger partial charge in [0.05, 0.1) is 0 Å². The third-order valence-electron chi connectivity index (χ3n) is 6.30. The molecule has 0 aromatic rings. The van der Waals surface area contributed by atoms with E-state index >= 15 is 0 Å². The molecule has 21 heavy (non-hydrogen) atoms. The summed E-state index contributed by atoms with van der Waals surface area (Å²) in [6.07, 6.45) is 11.5. The zero-order chi connectivity index (χ0) is 15.3. The van der Waals surface area contributed by atoms with Gasteiger partial charge in [-0.2, -0.15) is 11.8 Å². The molecule has 2 aliphatic carbocycles. The number of hydrogen-bond donors (Lipinski definition) is 1. The first-order chi connectivity index (χ1) is 10.1. The lowest BCUT2D eigenvalue weighted by atomic mass is 9.68. The quantitative estimate of drug-likeness (QED) is 0.667. The lowest BCUT2D eigenvalue weighted by Crippen LogP contribution is -2.45. The Morgan fingerprint density at radius 3 is 2.38 bits per heavy atom. The van der Waals surface area contributed by atoms with Crippen LogP contribution < -0.4 is 5.32 Å². The van der Waals surface area contributed by atoms with Gasteiger partial charge in [0, 0.05) is 11.3 Å². The Morgan fingerprint density at radius 2 is 1.76 bits per heavy atom. The van der Waals surface area contributed by atoms with E-state index in [1.165, 1.54) is 57.1 Å². The third-order valence-corrected chi connectivity index (χ3v) is 7.91. The highest BCUT2D eigenvalue weighted by Gasteiger charge is 2.37. The molecule has 0 spiro atoms. The Labute approximate surface area is 137 Å². The summed E-state index contributed by atoms with van der Waals surface area (Å²) in [7, 11) is 0. The van der Waals surface area contributed by atoms with E-state index in [9.17, 15) is 0 Å². The molecule has 2 fully saturated rings. The second-order valence-electron chi connectivity index (χ2n) is 8.04. The van der Waals surface area contributed by atoms with Gasteiger partial charge < -0.3 is 5.32 Å². The Hall–Kier alpha value is 0.310. The lowest BCUT2D eigenvalue weighted by molar-refractivity contribution is 0.141. The number of thioether (sulfide) groups is 1. The van der Waals surface area contributed by atoms with Crippen LogP contribution in [0.5, 0.6) is 0 Å². The summed E-state index contributed by atoms with van der Waals surface area (Å²) in [5.74, 6) is 3.38. The molecule has 1 N–H and O–H groups in total. The maximum atomic E-state index is 3.78. The van der Waals surface area contributed by atoms with E-state index in [-0.39, 0.29) is 0 Å². The van der Waals surface area contributed by atoms with Crippen molar-refractivity contribution in [1.82, 2.24) is 5.32 Å². The zero-order valence-electron chi connectivity index (χ0n) is 14.8. The fourth-order valence-electron chi connectivity index (χ4n) is 4.24. The van der Waals surface area contributed by atoms with E-state index in [4.69, 9.17) is 0 Å². The van der Waals surface area contributed by atoms with Crippen molar-refractivity contribution < 1.29 is 0 Å². The summed E-state index contributed by atoms with van der Waals surface area (Å²) in [5.41, 5.74) is 0.531. The van der Waals surface area contributed by atoms with Crippen LogP contribution in [0.2, 0.25) is 0 Å². The number of rotatable bonds is 7. The van der Waals surface area contributed by atoms with Crippen molar-refractivity contribution in [2.24, 2.45) is 17.3 Å². The van der Waals surface area contributed by atoms with E-state index in [1.807, 2.05) is 0 Å². The van der Waals surface area contributed by atoms with Gasteiger partial charge in [0.25, 0.3) is 0 Å². The van der Waals surface area contributed by atoms with Crippen molar-refractivity contribution in [1.29, 1.82) is 0 Å². The van der Waals surface area contributed by atoms with Gasteiger partial charge >= 0.3 is 0 Å². The van der Waals surface area contributed by atoms with Gasteiger partial charge in [0.1, 0.15) is 0 Å². The van der Waals surface area contributed by atoms with Gasteiger partial charge in [0.2, 0.25) is 0 Å². The molecular formula is C19H37NS. The van der Waals surface area contributed by atoms with Crippen molar-refractivity contribution in [3.63, 3.8) is 0 Å². The second-order valence-corrected chi connectivity index (χ2v) is 9.31. The molecule has 0 bridgehead atoms. The predicted octanol–water partition coefficient (Wildman–Crippen LogP) is 5.49. The van der Waals surface area contributed by atoms with Crippen LogP contribution >= 0.6 is 11.8 Å². The second kappa shape index (κ2) is 8.24. The van der Waals surface area contributed by atoms with E-state index in [0.717, 1.165) is 29.7 Å². The SMILES string of the molecule is CCNC1CCC(C(C)(C)CC)CC1SCC1CCCC1. The Kier molecular flexibility index (Phi) is 6.93. The number of nitrogens with one attached hydrogen (secondary N) is 1. The molecule has 0 radical (unpaired) electrons. The largest absolute Gasteiger partial charge is 0.313 e. The van der Waals surface area contributed by atoms with Crippen molar-refractivity contribution in [3.8, 4) is 0 Å². The summed E-state index contributed by atoms with van der Waals surface area (Å²) < 4.78 is 0. The summed E-state index contributed by atoms with van der Waals surface area (Å²) in [6.45, 7) is 10.7. The van der Waals surface area contributed by atoms with Crippen molar-refractivity contribution in [3.05, 3.63) is 0 Å². The molecule has 2 heteroatoms. The molecule has 0 aliphatic heterocycles. The van der Waals surface area contributed by atoms with E-state index in [0.29, 0.717) is 5.41 Å². The third kappa shape index (κ3) is 4.89. The van der Waals surface area contributed by atoms with Crippen molar-refractivity contribution >= 4 is 11.8 Å². The maximum absolute atomic E-state index is 3.78. The van der Waals surface area contributed by atoms with Gasteiger partial charge in [-0.1, -0.05) is 47.0 Å². The summed E-state index contributed by atoms with van der Waals surface area (Å²) in [6, 6.07) is 0.769. The summed E-state index contributed by atoms with van der Waals surface area (Å²) >= 11 is 2.31. The van der Waals surface area contributed by atoms with Crippen LogP contribution in [0.15, 0.2) is 0 Å². The van der Waals surface area contributed by atoms with Gasteiger partial charge in [-0.25, -0.2) is 0 Å². The fourth-order valence-corrected chi connectivity index (χ4v) is 5.93. The van der Waals surface area contributed by atoms with Gasteiger partial charge in [-0.3, -0.25) is 0 Å². The molecule has 3 atom stereocenters. The first-order valence-corrected chi connectivity index (χ1v) is 10.5. The highest BCUT2D eigenvalue weighted by atomic mass is 32.2. The summed E-state index contributed by atoms with van der Waals surface area (Å²) in [4.78, 5) is 0. The highest BCUT2D eigenvalue weighted by molar-refractivity contribution is 7.99. The van der Waals surface area contributed by atoms with E-state index in [2.05, 4.69) is 44.8 Å². The van der Waals surface area contributed by atoms with Crippen LogP contribution in [0.1, 0.15) is 79.1 Å². The molecule has 3 unspecified atom stereocenters. The Bertz CT molecular complexity index is 296. The predicted molar refractivity (Wildman–Crippen MR) is 97.1 cm³/mol. The topological polar surface area (TPSA) is 12.0 Å². The molecule has 124 valence electrons. The minimum atomic E-state index is 0.531. The van der Waals surface area contributed by atoms with Gasteiger partial charge in [-0.05, 0) is 61.7 Å². The minimum absolute atomic E-state index is 0.531. The van der Waals surface area contributed by atoms with Crippen LogP contribution in [0.25, 0.3) is 0 Å². The van der Waals surface area contributed by atoms with Gasteiger partial charge in [-0.15, -0.1) is 0 Å². The first kappa shape index (κ1) is 17.7. The maximum Gasteiger partial charge on any atom is 0.0204 e. The standard InChI is InChI=1S/C19H37NS/c1-5-19(3,4)16-11-12-17(20-6-2)18(13-16)21-14-15-9-7-8-10-15/h15-18,20H,5-14H2,1-4H3. The smallest absolute Gasteiger partial charge is 0.0204 e. The van der Waals surface area contributed by atoms with E-state index in [1.54, 1.807) is 0 Å². The van der Waals surface area contributed by atoms with Crippen LogP contribution in [-0.2, 0) is 0 Å². The molecule has 2 saturated carbocycles. The zero-order valence-corrected chi connectivity index (χ0v) is 15.6. The first-order valence-electron chi connectivity index (χ1n) is 9.41. The van der Waals surface area contributed by atoms with Crippen molar-refractivity contribution in [2.75, 3.05) is 12.3 Å². The van der Waals surface area contributed by atoms with Crippen LogP contribution in [0.3, 0.4) is 0 Å². The van der Waals surface area contributed by atoms with Crippen molar-refractivity contribution in [2.45, 2.75) is 90.4 Å². The fraction of sp³-hybridized carbons (Fsp3) is 1.00. The molecule has 2 aliphatic rings. The average molecular weight is 312 g/mol. The lowest BCUT2D eigenvalue weighted by Gasteiger charge is -2.43. The minimum Gasteiger partial charge on any atom is -0.313 e. The van der Waals surface area contributed by atoms with E-state index < -0.39 is 0 Å². The highest BCUT2D eigenvalue weighted by Crippen LogP contribution is 2.44. The molecule has 0 aromatic heterocycles. The Balaban J connectivity index is 1.90. The van der Waals surface area contributed by atoms with Crippen LogP contribution in [-0.4, -0.2) is 23.6 Å². The molecule has 1 nitrogen and oxygen atoms in total. The monoisotopic (exact) mass is 311 g/mol. The van der Waals surface area contributed by atoms with Crippen LogP contribution in [0, 0.1) is 17.3 Å². The Morgan fingerprint density at radius 1 is 1.05 bits per heavy atom. The molecule has 0 heterocycles. The van der Waals surface area contributed by atoms with Gasteiger partial charge in [0.15, 0.2) is 0 Å². The normalized spacial score (nSPS) is 31.7. The average Bonchev–Trinajstić information content (AvgIpc) is 2.99. The number of hydrogen-bond acceptors (Lipinski definition) is 2.